The van der Waals surface area contributed by atoms with Crippen LogP contribution in [0.4, 0.5) is 22.7 Å². The largest absolute Gasteiger partial charge is 0.357 e. The summed E-state index contributed by atoms with van der Waals surface area (Å²) in [5.41, 5.74) is 18.5. The molecule has 0 unspecified atom stereocenters. The van der Waals surface area contributed by atoms with Crippen molar-refractivity contribution in [3.05, 3.63) is 141 Å². The van der Waals surface area contributed by atoms with E-state index in [4.69, 9.17) is 9.98 Å². The number of aliphatic imine (C=N–C) groups is 2. The maximum atomic E-state index is 5.66. The molecule has 0 atom stereocenters. The van der Waals surface area contributed by atoms with Crippen LogP contribution in [0.5, 0.6) is 0 Å². The molecule has 4 rings (SSSR count). The third-order valence-corrected chi connectivity index (χ3v) is 11.7. The van der Waals surface area contributed by atoms with Crippen LogP contribution in [0.15, 0.2) is 106 Å². The molecule has 4 heteroatoms. The third kappa shape index (κ3) is 11.6. The zero-order chi connectivity index (χ0) is 44.6. The van der Waals surface area contributed by atoms with Crippen LogP contribution in [0.1, 0.15) is 216 Å². The standard InChI is InChI=1S/C56H78N4/c1-33(2)43-23-19-24-44(34(3)4)53(43)57-41(17)51(59-55-47(37(9)10)27-21-28-48(55)38(11)12)31-32-52(60-56-49(39(13)14)29-22-30-50(56)40(15)16)42(18)58-54-45(35(5)6)25-20-26-46(54)36(7)8/h19-40,57,59H,1-18H3/b32-31+,51-41-,58-42?,60-52?. The minimum atomic E-state index is 0.306. The molecule has 0 saturated heterocycles. The number of nitrogens with one attached hydrogen (secondary N) is 2. The minimum Gasteiger partial charge on any atom is -0.357 e. The van der Waals surface area contributed by atoms with Crippen molar-refractivity contribution in [3.63, 3.8) is 0 Å². The van der Waals surface area contributed by atoms with Crippen molar-refractivity contribution in [1.29, 1.82) is 0 Å². The van der Waals surface area contributed by atoms with Crippen LogP contribution < -0.4 is 10.6 Å². The average molecular weight is 807 g/mol. The van der Waals surface area contributed by atoms with Crippen molar-refractivity contribution < 1.29 is 0 Å². The molecule has 0 saturated carbocycles. The lowest BCUT2D eigenvalue weighted by Crippen LogP contribution is -2.14. The molecular weight excluding hydrogens is 729 g/mol. The predicted octanol–water partition coefficient (Wildman–Crippen LogP) is 17.6. The summed E-state index contributed by atoms with van der Waals surface area (Å²) < 4.78 is 0. The molecule has 0 spiro atoms. The number of nitrogens with zero attached hydrogens (tertiary/aromatic N) is 2. The van der Waals surface area contributed by atoms with Crippen molar-refractivity contribution in [1.82, 2.24) is 0 Å². The van der Waals surface area contributed by atoms with Gasteiger partial charge in [0.1, 0.15) is 0 Å². The lowest BCUT2D eigenvalue weighted by molar-refractivity contribution is 0.834. The lowest BCUT2D eigenvalue weighted by Gasteiger charge is -2.25. The van der Waals surface area contributed by atoms with Gasteiger partial charge in [0.2, 0.25) is 0 Å². The SMILES string of the molecule is CC(=Nc1c(C(C)C)cccc1C(C)C)C(/C=C/C(Nc1c(C(C)C)cccc1C(C)C)=C(\C)Nc1c(C(C)C)cccc1C(C)C)=Nc1c(C(C)C)cccc1C(C)C. The second-order valence-electron chi connectivity index (χ2n) is 19.2. The Labute approximate surface area is 366 Å². The van der Waals surface area contributed by atoms with Gasteiger partial charge in [0.15, 0.2) is 0 Å². The van der Waals surface area contributed by atoms with Crippen molar-refractivity contribution in [2.45, 2.75) is 172 Å². The number of anilines is 2. The van der Waals surface area contributed by atoms with Gasteiger partial charge in [-0.1, -0.05) is 184 Å². The smallest absolute Gasteiger partial charge is 0.0850 e. The van der Waals surface area contributed by atoms with Crippen LogP contribution in [-0.4, -0.2) is 11.4 Å². The van der Waals surface area contributed by atoms with E-state index < -0.39 is 0 Å². The molecule has 2 N–H and O–H groups in total. The highest BCUT2D eigenvalue weighted by molar-refractivity contribution is 6.46. The van der Waals surface area contributed by atoms with E-state index in [2.05, 4.69) is 220 Å². The first-order valence-electron chi connectivity index (χ1n) is 22.8. The highest BCUT2D eigenvalue weighted by Gasteiger charge is 2.20. The van der Waals surface area contributed by atoms with Crippen LogP contribution in [0, 0.1) is 0 Å². The van der Waals surface area contributed by atoms with Gasteiger partial charge in [-0.3, -0.25) is 4.99 Å². The molecule has 0 fully saturated rings. The highest BCUT2D eigenvalue weighted by Crippen LogP contribution is 2.39. The zero-order valence-electron chi connectivity index (χ0n) is 40.6. The van der Waals surface area contributed by atoms with Crippen molar-refractivity contribution >= 4 is 34.2 Å². The van der Waals surface area contributed by atoms with Crippen LogP contribution in [0.25, 0.3) is 0 Å². The van der Waals surface area contributed by atoms with Gasteiger partial charge in [0.25, 0.3) is 0 Å². The molecule has 4 nitrogen and oxygen atoms in total. The van der Waals surface area contributed by atoms with E-state index in [0.29, 0.717) is 47.3 Å². The van der Waals surface area contributed by atoms with E-state index in [1.54, 1.807) is 0 Å². The normalized spacial score (nSPS) is 13.4. The number of allylic oxidation sites excluding steroid dienone is 3. The molecule has 4 aromatic carbocycles. The molecule has 0 aromatic heterocycles. The Kier molecular flexibility index (Phi) is 17.0. The van der Waals surface area contributed by atoms with Gasteiger partial charge in [-0.2, -0.15) is 0 Å². The maximum absolute atomic E-state index is 5.66. The third-order valence-electron chi connectivity index (χ3n) is 11.7. The highest BCUT2D eigenvalue weighted by atomic mass is 15.0. The second-order valence-corrected chi connectivity index (χ2v) is 19.2. The Morgan fingerprint density at radius 2 is 0.667 bits per heavy atom. The number of hydrogen-bond donors (Lipinski definition) is 2. The Bertz CT molecular complexity index is 2100. The fourth-order valence-corrected chi connectivity index (χ4v) is 8.07. The topological polar surface area (TPSA) is 48.8 Å². The number of rotatable bonds is 17. The first-order valence-corrected chi connectivity index (χ1v) is 22.8. The summed E-state index contributed by atoms with van der Waals surface area (Å²) in [6, 6.07) is 26.8. The Balaban J connectivity index is 2.13. The van der Waals surface area contributed by atoms with Crippen LogP contribution in [0.3, 0.4) is 0 Å². The van der Waals surface area contributed by atoms with Crippen molar-refractivity contribution in [3.8, 4) is 0 Å². The van der Waals surface area contributed by atoms with E-state index in [1.807, 2.05) is 0 Å². The molecule has 0 radical (unpaired) electrons. The van der Waals surface area contributed by atoms with Crippen LogP contribution in [-0.2, 0) is 0 Å². The molecule has 0 aliphatic carbocycles. The maximum Gasteiger partial charge on any atom is 0.0850 e. The summed E-state index contributed by atoms with van der Waals surface area (Å²) in [5.74, 6) is 2.66. The Morgan fingerprint density at radius 3 is 0.983 bits per heavy atom. The molecule has 0 amide bonds. The summed E-state index contributed by atoms with van der Waals surface area (Å²) in [7, 11) is 0. The van der Waals surface area contributed by atoms with E-state index in [1.165, 1.54) is 55.9 Å². The molecule has 4 aromatic rings. The summed E-state index contributed by atoms with van der Waals surface area (Å²) in [6.45, 7) is 40.7. The molecular formula is C56H78N4. The van der Waals surface area contributed by atoms with Gasteiger partial charge >= 0.3 is 0 Å². The first kappa shape index (κ1) is 48.0. The van der Waals surface area contributed by atoms with E-state index >= 15 is 0 Å². The van der Waals surface area contributed by atoms with Gasteiger partial charge in [-0.15, -0.1) is 0 Å². The number of benzene rings is 4. The summed E-state index contributed by atoms with van der Waals surface area (Å²) in [4.78, 5) is 11.2. The Morgan fingerprint density at radius 1 is 0.383 bits per heavy atom. The number of hydrogen-bond acceptors (Lipinski definition) is 4. The molecule has 0 bridgehead atoms. The average Bonchev–Trinajstić information content (AvgIpc) is 3.17. The lowest BCUT2D eigenvalue weighted by atomic mass is 9.92. The van der Waals surface area contributed by atoms with Gasteiger partial charge in [0.05, 0.1) is 28.5 Å². The zero-order valence-corrected chi connectivity index (χ0v) is 40.6. The van der Waals surface area contributed by atoms with Crippen molar-refractivity contribution in [2.75, 3.05) is 10.6 Å². The quantitative estimate of drug-likeness (QED) is 0.0825. The number of para-hydroxylation sites is 4. The molecule has 0 aliphatic rings. The second kappa shape index (κ2) is 21.2. The first-order chi connectivity index (χ1) is 28.2. The van der Waals surface area contributed by atoms with Gasteiger partial charge in [0, 0.05) is 17.1 Å². The van der Waals surface area contributed by atoms with Gasteiger partial charge < -0.3 is 10.6 Å². The summed E-state index contributed by atoms with van der Waals surface area (Å²) in [5, 5.41) is 8.03. The van der Waals surface area contributed by atoms with Gasteiger partial charge in [-0.05, 0) is 118 Å². The summed E-state index contributed by atoms with van der Waals surface area (Å²) >= 11 is 0. The van der Waals surface area contributed by atoms with E-state index in [0.717, 1.165) is 34.2 Å². The van der Waals surface area contributed by atoms with Crippen molar-refractivity contribution in [2.24, 2.45) is 9.98 Å². The van der Waals surface area contributed by atoms with Gasteiger partial charge in [-0.25, -0.2) is 4.99 Å². The Hall–Kier alpha value is -4.70. The van der Waals surface area contributed by atoms with E-state index in [9.17, 15) is 0 Å². The van der Waals surface area contributed by atoms with Crippen LogP contribution >= 0.6 is 0 Å². The minimum absolute atomic E-state index is 0.306. The monoisotopic (exact) mass is 807 g/mol. The van der Waals surface area contributed by atoms with E-state index in [-0.39, 0.29) is 0 Å². The fourth-order valence-electron chi connectivity index (χ4n) is 8.07. The summed E-state index contributed by atoms with van der Waals surface area (Å²) in [6.07, 6.45) is 4.44. The molecule has 322 valence electrons. The predicted molar refractivity (Wildman–Crippen MR) is 267 cm³/mol. The molecule has 0 heterocycles. The molecule has 0 aliphatic heterocycles. The molecule has 60 heavy (non-hydrogen) atoms. The van der Waals surface area contributed by atoms with Crippen LogP contribution in [0.2, 0.25) is 0 Å². The fraction of sp³-hybridized carbons (Fsp3) is 0.464.